The van der Waals surface area contributed by atoms with Crippen molar-refractivity contribution in [2.75, 3.05) is 7.11 Å². The molecule has 1 heterocycles. The summed E-state index contributed by atoms with van der Waals surface area (Å²) in [6.45, 7) is 0. The lowest BCUT2D eigenvalue weighted by molar-refractivity contribution is 0.112. The fourth-order valence-electron chi connectivity index (χ4n) is 1.54. The van der Waals surface area contributed by atoms with Crippen LogP contribution in [0.4, 0.5) is 0 Å². The van der Waals surface area contributed by atoms with Crippen molar-refractivity contribution in [3.63, 3.8) is 0 Å². The predicted octanol–water partition coefficient (Wildman–Crippen LogP) is 2.57. The van der Waals surface area contributed by atoms with Crippen LogP contribution in [-0.4, -0.2) is 18.4 Å². The highest BCUT2D eigenvalue weighted by molar-refractivity contribution is 5.87. The number of methoxy groups -OCH3 is 1. The Morgan fingerprint density at radius 2 is 2.19 bits per heavy atom. The zero-order valence-electron chi connectivity index (χ0n) is 8.88. The van der Waals surface area contributed by atoms with Gasteiger partial charge >= 0.3 is 0 Å². The average molecular weight is 213 g/mol. The van der Waals surface area contributed by atoms with Crippen LogP contribution in [0.3, 0.4) is 0 Å². The third kappa shape index (κ3) is 1.93. The number of carbonyl (C=O) groups excluding carboxylic acids is 1. The van der Waals surface area contributed by atoms with Crippen LogP contribution in [0.15, 0.2) is 42.7 Å². The first kappa shape index (κ1) is 10.4. The second-order valence-corrected chi connectivity index (χ2v) is 3.31. The van der Waals surface area contributed by atoms with Gasteiger partial charge in [-0.3, -0.25) is 9.78 Å². The first-order valence-corrected chi connectivity index (χ1v) is 4.89. The van der Waals surface area contributed by atoms with Crippen molar-refractivity contribution >= 4 is 6.29 Å². The Morgan fingerprint density at radius 3 is 2.81 bits per heavy atom. The summed E-state index contributed by atoms with van der Waals surface area (Å²) >= 11 is 0. The van der Waals surface area contributed by atoms with Crippen LogP contribution in [0.1, 0.15) is 10.4 Å². The van der Waals surface area contributed by atoms with E-state index in [1.54, 1.807) is 31.6 Å². The molecule has 0 spiro atoms. The van der Waals surface area contributed by atoms with Gasteiger partial charge in [-0.05, 0) is 29.8 Å². The smallest absolute Gasteiger partial charge is 0.150 e. The molecule has 0 aliphatic rings. The first-order valence-electron chi connectivity index (χ1n) is 4.89. The van der Waals surface area contributed by atoms with Crippen molar-refractivity contribution in [1.82, 2.24) is 4.98 Å². The zero-order chi connectivity index (χ0) is 11.4. The maximum atomic E-state index is 10.9. The topological polar surface area (TPSA) is 39.2 Å². The SMILES string of the molecule is COc1ccc(C=O)c(-c2cccnc2)c1. The Hall–Kier alpha value is -2.16. The van der Waals surface area contributed by atoms with E-state index >= 15 is 0 Å². The van der Waals surface area contributed by atoms with Crippen LogP contribution in [0.2, 0.25) is 0 Å². The molecule has 2 rings (SSSR count). The Morgan fingerprint density at radius 1 is 1.31 bits per heavy atom. The lowest BCUT2D eigenvalue weighted by Crippen LogP contribution is -1.90. The highest BCUT2D eigenvalue weighted by atomic mass is 16.5. The number of benzene rings is 1. The van der Waals surface area contributed by atoms with E-state index in [9.17, 15) is 4.79 Å². The van der Waals surface area contributed by atoms with Gasteiger partial charge in [0, 0.05) is 23.5 Å². The summed E-state index contributed by atoms with van der Waals surface area (Å²) in [6, 6.07) is 9.09. The molecule has 0 saturated heterocycles. The molecule has 80 valence electrons. The normalized spacial score (nSPS) is 9.81. The van der Waals surface area contributed by atoms with E-state index in [0.29, 0.717) is 5.56 Å². The molecule has 0 aliphatic carbocycles. The number of hydrogen-bond acceptors (Lipinski definition) is 3. The summed E-state index contributed by atoms with van der Waals surface area (Å²) in [5, 5.41) is 0. The molecule has 0 bridgehead atoms. The van der Waals surface area contributed by atoms with Gasteiger partial charge in [0.2, 0.25) is 0 Å². The summed E-state index contributed by atoms with van der Waals surface area (Å²) in [7, 11) is 1.60. The molecule has 0 saturated carbocycles. The maximum Gasteiger partial charge on any atom is 0.150 e. The average Bonchev–Trinajstić information content (AvgIpc) is 2.39. The maximum absolute atomic E-state index is 10.9. The molecule has 0 aliphatic heterocycles. The van der Waals surface area contributed by atoms with E-state index in [1.165, 1.54) is 0 Å². The number of carbonyl (C=O) groups is 1. The number of pyridine rings is 1. The van der Waals surface area contributed by atoms with Gasteiger partial charge in [0.25, 0.3) is 0 Å². The van der Waals surface area contributed by atoms with Gasteiger partial charge in [-0.15, -0.1) is 0 Å². The molecule has 1 aromatic heterocycles. The number of nitrogens with zero attached hydrogens (tertiary/aromatic N) is 1. The van der Waals surface area contributed by atoms with Gasteiger partial charge in [0.15, 0.2) is 6.29 Å². The number of rotatable bonds is 3. The lowest BCUT2D eigenvalue weighted by atomic mass is 10.0. The molecule has 0 fully saturated rings. The number of ether oxygens (including phenoxy) is 1. The summed E-state index contributed by atoms with van der Waals surface area (Å²) in [5.74, 6) is 0.726. The number of aldehydes is 1. The predicted molar refractivity (Wildman–Crippen MR) is 61.6 cm³/mol. The van der Waals surface area contributed by atoms with Gasteiger partial charge in [-0.25, -0.2) is 0 Å². The standard InChI is InChI=1S/C13H11NO2/c1-16-12-5-4-11(9-15)13(7-12)10-3-2-6-14-8-10/h2-9H,1H3. The number of aromatic nitrogens is 1. The van der Waals surface area contributed by atoms with Crippen LogP contribution in [0, 0.1) is 0 Å². The molecule has 0 unspecified atom stereocenters. The number of hydrogen-bond donors (Lipinski definition) is 0. The molecule has 0 atom stereocenters. The molecular formula is C13H11NO2. The fraction of sp³-hybridized carbons (Fsp3) is 0.0769. The van der Waals surface area contributed by atoms with Gasteiger partial charge in [-0.1, -0.05) is 6.07 Å². The fourth-order valence-corrected chi connectivity index (χ4v) is 1.54. The van der Waals surface area contributed by atoms with Gasteiger partial charge in [0.1, 0.15) is 5.75 Å². The quantitative estimate of drug-likeness (QED) is 0.735. The van der Waals surface area contributed by atoms with Crippen molar-refractivity contribution in [3.8, 4) is 16.9 Å². The van der Waals surface area contributed by atoms with Gasteiger partial charge < -0.3 is 4.74 Å². The molecular weight excluding hydrogens is 202 g/mol. The van der Waals surface area contributed by atoms with Crippen LogP contribution in [-0.2, 0) is 0 Å². The van der Waals surface area contributed by atoms with E-state index in [2.05, 4.69) is 4.98 Å². The molecule has 0 radical (unpaired) electrons. The van der Waals surface area contributed by atoms with Crippen molar-refractivity contribution < 1.29 is 9.53 Å². The molecule has 0 N–H and O–H groups in total. The highest BCUT2D eigenvalue weighted by Crippen LogP contribution is 2.26. The minimum atomic E-state index is 0.633. The molecule has 3 heteroatoms. The van der Waals surface area contributed by atoms with E-state index in [0.717, 1.165) is 23.2 Å². The molecule has 3 nitrogen and oxygen atoms in total. The van der Waals surface area contributed by atoms with E-state index in [1.807, 2.05) is 18.2 Å². The summed E-state index contributed by atoms with van der Waals surface area (Å²) < 4.78 is 5.14. The Kier molecular flexibility index (Phi) is 2.96. The molecule has 2 aromatic rings. The third-order valence-corrected chi connectivity index (χ3v) is 2.36. The van der Waals surface area contributed by atoms with Crippen LogP contribution in [0.25, 0.3) is 11.1 Å². The minimum absolute atomic E-state index is 0.633. The van der Waals surface area contributed by atoms with Crippen LogP contribution >= 0.6 is 0 Å². The summed E-state index contributed by atoms with van der Waals surface area (Å²) in [5.41, 5.74) is 2.37. The molecule has 1 aromatic carbocycles. The Balaban J connectivity index is 2.57. The molecule has 0 amide bonds. The Bertz CT molecular complexity index is 495. The second kappa shape index (κ2) is 4.57. The van der Waals surface area contributed by atoms with E-state index in [4.69, 9.17) is 4.74 Å². The monoisotopic (exact) mass is 213 g/mol. The zero-order valence-corrected chi connectivity index (χ0v) is 8.88. The van der Waals surface area contributed by atoms with Crippen molar-refractivity contribution in [2.45, 2.75) is 0 Å². The summed E-state index contributed by atoms with van der Waals surface area (Å²) in [4.78, 5) is 15.0. The van der Waals surface area contributed by atoms with Crippen molar-refractivity contribution in [1.29, 1.82) is 0 Å². The van der Waals surface area contributed by atoms with Gasteiger partial charge in [-0.2, -0.15) is 0 Å². The largest absolute Gasteiger partial charge is 0.497 e. The minimum Gasteiger partial charge on any atom is -0.497 e. The highest BCUT2D eigenvalue weighted by Gasteiger charge is 2.05. The van der Waals surface area contributed by atoms with Crippen LogP contribution in [0.5, 0.6) is 5.75 Å². The third-order valence-electron chi connectivity index (χ3n) is 2.36. The van der Waals surface area contributed by atoms with Crippen molar-refractivity contribution in [2.24, 2.45) is 0 Å². The van der Waals surface area contributed by atoms with Crippen LogP contribution < -0.4 is 4.74 Å². The van der Waals surface area contributed by atoms with E-state index in [-0.39, 0.29) is 0 Å². The van der Waals surface area contributed by atoms with Gasteiger partial charge in [0.05, 0.1) is 7.11 Å². The van der Waals surface area contributed by atoms with E-state index < -0.39 is 0 Å². The second-order valence-electron chi connectivity index (χ2n) is 3.31. The Labute approximate surface area is 93.7 Å². The lowest BCUT2D eigenvalue weighted by Gasteiger charge is -2.07. The first-order chi connectivity index (χ1) is 7.85. The summed E-state index contributed by atoms with van der Waals surface area (Å²) in [6.07, 6.45) is 4.26. The van der Waals surface area contributed by atoms with Crippen molar-refractivity contribution in [3.05, 3.63) is 48.3 Å². The molecule has 16 heavy (non-hydrogen) atoms.